The van der Waals surface area contributed by atoms with Gasteiger partial charge in [0, 0.05) is 0 Å². The van der Waals surface area contributed by atoms with Gasteiger partial charge in [-0.15, -0.1) is 34.8 Å². The minimum atomic E-state index is -4.42. The van der Waals surface area contributed by atoms with Gasteiger partial charge < -0.3 is 9.79 Å². The van der Waals surface area contributed by atoms with E-state index in [1.807, 2.05) is 0 Å². The van der Waals surface area contributed by atoms with Crippen LogP contribution >= 0.6 is 42.4 Å². The van der Waals surface area contributed by atoms with E-state index < -0.39 is 17.0 Å². The number of rotatable bonds is 2. The predicted octanol–water partition coefficient (Wildman–Crippen LogP) is 1.92. The van der Waals surface area contributed by atoms with Gasteiger partial charge in [-0.25, -0.2) is 0 Å². The van der Waals surface area contributed by atoms with Crippen LogP contribution in [0.2, 0.25) is 0 Å². The zero-order chi connectivity index (χ0) is 8.58. The molecule has 0 spiro atoms. The molecule has 0 aromatic carbocycles. The van der Waals surface area contributed by atoms with Crippen LogP contribution < -0.4 is 0 Å². The monoisotopic (exact) mass is 226 g/mol. The van der Waals surface area contributed by atoms with Gasteiger partial charge in [0.15, 0.2) is 4.62 Å². The summed E-state index contributed by atoms with van der Waals surface area (Å²) in [6.45, 7) is 1.08. The second-order valence-electron chi connectivity index (χ2n) is 1.87. The first-order chi connectivity index (χ1) is 4.19. The van der Waals surface area contributed by atoms with Gasteiger partial charge in [0.1, 0.15) is 4.84 Å². The molecule has 2 N–H and O–H groups in total. The SMILES string of the molecule is CC(Cl)(C(Cl)Cl)P(=O)(O)O. The van der Waals surface area contributed by atoms with Crippen molar-refractivity contribution in [1.29, 1.82) is 0 Å². The standard InChI is InChI=1S/C3H6Cl3O3P/c1-3(6,2(4)5)10(7,8)9/h2H,1H3,(H2,7,8,9). The fraction of sp³-hybridized carbons (Fsp3) is 1.00. The van der Waals surface area contributed by atoms with Crippen molar-refractivity contribution in [3.05, 3.63) is 0 Å². The Morgan fingerprint density at radius 2 is 1.80 bits per heavy atom. The molecule has 1 unspecified atom stereocenters. The molecule has 0 aromatic heterocycles. The summed E-state index contributed by atoms with van der Waals surface area (Å²) in [6, 6.07) is 0. The molecule has 0 heterocycles. The molecule has 0 aliphatic heterocycles. The molecule has 62 valence electrons. The van der Waals surface area contributed by atoms with Crippen molar-refractivity contribution >= 4 is 42.4 Å². The zero-order valence-electron chi connectivity index (χ0n) is 4.96. The lowest BCUT2D eigenvalue weighted by Gasteiger charge is -2.23. The third-order valence-corrected chi connectivity index (χ3v) is 4.64. The van der Waals surface area contributed by atoms with Crippen LogP contribution in [0.5, 0.6) is 0 Å². The molecule has 1 atom stereocenters. The van der Waals surface area contributed by atoms with Gasteiger partial charge in [-0.2, -0.15) is 0 Å². The minimum Gasteiger partial charge on any atom is -0.323 e. The summed E-state index contributed by atoms with van der Waals surface area (Å²) in [5, 5.41) is 0. The Balaban J connectivity index is 4.58. The highest BCUT2D eigenvalue weighted by atomic mass is 35.5. The number of halogens is 3. The highest BCUT2D eigenvalue weighted by molar-refractivity contribution is 7.56. The summed E-state index contributed by atoms with van der Waals surface area (Å²) in [7, 11) is -4.42. The number of hydrogen-bond donors (Lipinski definition) is 2. The first kappa shape index (κ1) is 11.0. The molecule has 0 rings (SSSR count). The molecule has 0 bridgehead atoms. The molecule has 0 aliphatic carbocycles. The van der Waals surface area contributed by atoms with Gasteiger partial charge in [-0.1, -0.05) is 0 Å². The molecule has 0 saturated carbocycles. The van der Waals surface area contributed by atoms with Crippen molar-refractivity contribution in [2.45, 2.75) is 16.4 Å². The van der Waals surface area contributed by atoms with Crippen LogP contribution in [0.4, 0.5) is 0 Å². The van der Waals surface area contributed by atoms with Crippen molar-refractivity contribution in [3.63, 3.8) is 0 Å². The van der Waals surface area contributed by atoms with Gasteiger partial charge in [-0.3, -0.25) is 4.57 Å². The Morgan fingerprint density at radius 3 is 1.80 bits per heavy atom. The van der Waals surface area contributed by atoms with E-state index in [-0.39, 0.29) is 0 Å². The van der Waals surface area contributed by atoms with E-state index in [4.69, 9.17) is 44.6 Å². The molecule has 0 amide bonds. The predicted molar refractivity (Wildman–Crippen MR) is 41.8 cm³/mol. The quantitative estimate of drug-likeness (QED) is 0.560. The van der Waals surface area contributed by atoms with E-state index in [0.717, 1.165) is 6.92 Å². The van der Waals surface area contributed by atoms with Crippen molar-refractivity contribution < 1.29 is 14.4 Å². The normalized spacial score (nSPS) is 19.1. The molecule has 3 nitrogen and oxygen atoms in total. The molecule has 7 heteroatoms. The van der Waals surface area contributed by atoms with E-state index in [2.05, 4.69) is 0 Å². The van der Waals surface area contributed by atoms with Crippen LogP contribution in [0.1, 0.15) is 6.92 Å². The van der Waals surface area contributed by atoms with E-state index in [1.165, 1.54) is 0 Å². The fourth-order valence-electron chi connectivity index (χ4n) is 0.127. The van der Waals surface area contributed by atoms with Gasteiger partial charge in [0.05, 0.1) is 0 Å². The Kier molecular flexibility index (Phi) is 3.50. The van der Waals surface area contributed by atoms with Crippen molar-refractivity contribution in [2.75, 3.05) is 0 Å². The summed E-state index contributed by atoms with van der Waals surface area (Å²) in [4.78, 5) is 15.8. The van der Waals surface area contributed by atoms with Crippen LogP contribution in [0.25, 0.3) is 0 Å². The molecule has 0 radical (unpaired) electrons. The van der Waals surface area contributed by atoms with Gasteiger partial charge in [-0.05, 0) is 6.92 Å². The van der Waals surface area contributed by atoms with Crippen LogP contribution in [-0.4, -0.2) is 19.2 Å². The smallest absolute Gasteiger partial charge is 0.323 e. The second kappa shape index (κ2) is 3.18. The largest absolute Gasteiger partial charge is 0.348 e. The summed E-state index contributed by atoms with van der Waals surface area (Å²) < 4.78 is 8.60. The van der Waals surface area contributed by atoms with Crippen LogP contribution in [0.3, 0.4) is 0 Å². The zero-order valence-corrected chi connectivity index (χ0v) is 8.12. The summed E-state index contributed by atoms with van der Waals surface area (Å²) in [5.41, 5.74) is 0. The lowest BCUT2D eigenvalue weighted by molar-refractivity contribution is 0.356. The van der Waals surface area contributed by atoms with E-state index in [9.17, 15) is 4.57 Å². The minimum absolute atomic E-state index is 1.08. The average Bonchev–Trinajstić information content (AvgIpc) is 1.62. The maximum atomic E-state index is 10.5. The summed E-state index contributed by atoms with van der Waals surface area (Å²) in [5.74, 6) is 0. The van der Waals surface area contributed by atoms with Crippen molar-refractivity contribution in [1.82, 2.24) is 0 Å². The Hall–Kier alpha value is 1.02. The van der Waals surface area contributed by atoms with Gasteiger partial charge in [0.25, 0.3) is 0 Å². The molecule has 10 heavy (non-hydrogen) atoms. The average molecular weight is 227 g/mol. The maximum absolute atomic E-state index is 10.5. The van der Waals surface area contributed by atoms with E-state index in [1.54, 1.807) is 0 Å². The second-order valence-corrected chi connectivity index (χ2v) is 6.03. The topological polar surface area (TPSA) is 57.5 Å². The molecule has 0 fully saturated rings. The van der Waals surface area contributed by atoms with Crippen molar-refractivity contribution in [3.8, 4) is 0 Å². The lowest BCUT2D eigenvalue weighted by Crippen LogP contribution is -2.24. The highest BCUT2D eigenvalue weighted by Crippen LogP contribution is 2.57. The highest BCUT2D eigenvalue weighted by Gasteiger charge is 2.46. The van der Waals surface area contributed by atoms with Crippen LogP contribution in [0, 0.1) is 0 Å². The molecular formula is C3H6Cl3O3P. The van der Waals surface area contributed by atoms with Gasteiger partial charge >= 0.3 is 7.60 Å². The third-order valence-electron chi connectivity index (χ3n) is 0.968. The first-order valence-corrected chi connectivity index (χ1v) is 5.08. The number of alkyl halides is 3. The van der Waals surface area contributed by atoms with Crippen LogP contribution in [-0.2, 0) is 4.57 Å². The fourth-order valence-corrected chi connectivity index (χ4v) is 1.14. The van der Waals surface area contributed by atoms with Crippen LogP contribution in [0.15, 0.2) is 0 Å². The molecule has 0 aromatic rings. The number of hydrogen-bond acceptors (Lipinski definition) is 1. The summed E-state index contributed by atoms with van der Waals surface area (Å²) in [6.07, 6.45) is 0. The van der Waals surface area contributed by atoms with Crippen molar-refractivity contribution in [2.24, 2.45) is 0 Å². The first-order valence-electron chi connectivity index (χ1n) is 2.22. The molecular weight excluding hydrogens is 221 g/mol. The Bertz CT molecular complexity index is 162. The Labute approximate surface area is 73.4 Å². The third kappa shape index (κ3) is 2.26. The lowest BCUT2D eigenvalue weighted by atomic mass is 10.5. The van der Waals surface area contributed by atoms with E-state index >= 15 is 0 Å². The van der Waals surface area contributed by atoms with Gasteiger partial charge in [0.2, 0.25) is 0 Å². The molecule has 0 saturated heterocycles. The Morgan fingerprint density at radius 1 is 1.50 bits per heavy atom. The maximum Gasteiger partial charge on any atom is 0.348 e. The van der Waals surface area contributed by atoms with E-state index in [0.29, 0.717) is 0 Å². The summed E-state index contributed by atoms with van der Waals surface area (Å²) >= 11 is 15.7. The molecule has 0 aliphatic rings.